The minimum atomic E-state index is 0.209. The largest absolute Gasteiger partial charge is 0.368 e. The standard InChI is InChI=1S/C13H23N5/c1-13(2,3)6-9-5-11(17-12(14)16-9)18-7-10(8-18)15-4/h5,10,15H,6-8H2,1-4H3,(H2,14,16,17). The van der Waals surface area contributed by atoms with Gasteiger partial charge in [0.05, 0.1) is 0 Å². The number of nitrogens with two attached hydrogens (primary N) is 1. The SMILES string of the molecule is CNC1CN(c2cc(CC(C)(C)C)nc(N)n2)C1. The van der Waals surface area contributed by atoms with Gasteiger partial charge in [0.25, 0.3) is 0 Å². The van der Waals surface area contributed by atoms with Crippen molar-refractivity contribution in [3.8, 4) is 0 Å². The molecular weight excluding hydrogens is 226 g/mol. The van der Waals surface area contributed by atoms with Crippen LogP contribution >= 0.6 is 0 Å². The Kier molecular flexibility index (Phi) is 3.43. The van der Waals surface area contributed by atoms with E-state index in [0.717, 1.165) is 31.0 Å². The van der Waals surface area contributed by atoms with Crippen LogP contribution in [0.2, 0.25) is 0 Å². The summed E-state index contributed by atoms with van der Waals surface area (Å²) < 4.78 is 0. The van der Waals surface area contributed by atoms with E-state index in [1.165, 1.54) is 0 Å². The molecule has 0 bridgehead atoms. The van der Waals surface area contributed by atoms with Gasteiger partial charge in [0.1, 0.15) is 5.82 Å². The lowest BCUT2D eigenvalue weighted by molar-refractivity contribution is 0.405. The summed E-state index contributed by atoms with van der Waals surface area (Å²) in [4.78, 5) is 10.9. The molecule has 0 unspecified atom stereocenters. The highest BCUT2D eigenvalue weighted by atomic mass is 15.3. The molecule has 5 heteroatoms. The number of likely N-dealkylation sites (N-methyl/N-ethyl adjacent to an activating group) is 1. The lowest BCUT2D eigenvalue weighted by Crippen LogP contribution is -2.57. The van der Waals surface area contributed by atoms with Crippen molar-refractivity contribution in [2.45, 2.75) is 33.2 Å². The summed E-state index contributed by atoms with van der Waals surface area (Å²) in [5, 5.41) is 3.25. The van der Waals surface area contributed by atoms with Gasteiger partial charge in [-0.25, -0.2) is 4.98 Å². The molecule has 3 N–H and O–H groups in total. The zero-order chi connectivity index (χ0) is 13.3. The van der Waals surface area contributed by atoms with Gasteiger partial charge in [0, 0.05) is 30.9 Å². The van der Waals surface area contributed by atoms with Crippen LogP contribution in [0.15, 0.2) is 6.07 Å². The lowest BCUT2D eigenvalue weighted by Gasteiger charge is -2.40. The molecule has 1 aromatic rings. The fourth-order valence-electron chi connectivity index (χ4n) is 2.15. The summed E-state index contributed by atoms with van der Waals surface area (Å²) in [6.45, 7) is 8.58. The van der Waals surface area contributed by atoms with E-state index in [9.17, 15) is 0 Å². The van der Waals surface area contributed by atoms with Gasteiger partial charge < -0.3 is 16.0 Å². The third kappa shape index (κ3) is 3.10. The van der Waals surface area contributed by atoms with Crippen LogP contribution in [0.5, 0.6) is 0 Å². The number of nitrogens with one attached hydrogen (secondary N) is 1. The quantitative estimate of drug-likeness (QED) is 0.838. The van der Waals surface area contributed by atoms with Crippen molar-refractivity contribution in [1.29, 1.82) is 0 Å². The number of anilines is 2. The highest BCUT2D eigenvalue weighted by molar-refractivity contribution is 5.46. The molecule has 0 saturated carbocycles. The Morgan fingerprint density at radius 2 is 2.06 bits per heavy atom. The monoisotopic (exact) mass is 249 g/mol. The topological polar surface area (TPSA) is 67.1 Å². The van der Waals surface area contributed by atoms with Crippen molar-refractivity contribution in [2.75, 3.05) is 30.8 Å². The molecule has 0 spiro atoms. The number of nitrogen functional groups attached to an aromatic ring is 1. The Balaban J connectivity index is 2.12. The number of rotatable bonds is 3. The number of nitrogens with zero attached hydrogens (tertiary/aromatic N) is 3. The van der Waals surface area contributed by atoms with Crippen LogP contribution in [0.4, 0.5) is 11.8 Å². The van der Waals surface area contributed by atoms with E-state index in [0.29, 0.717) is 12.0 Å². The second kappa shape index (κ2) is 4.72. The maximum absolute atomic E-state index is 5.80. The zero-order valence-electron chi connectivity index (χ0n) is 11.7. The summed E-state index contributed by atoms with van der Waals surface area (Å²) in [6.07, 6.45) is 0.913. The minimum absolute atomic E-state index is 0.209. The van der Waals surface area contributed by atoms with E-state index in [1.54, 1.807) is 0 Å². The third-order valence-electron chi connectivity index (χ3n) is 3.11. The summed E-state index contributed by atoms with van der Waals surface area (Å²) in [6, 6.07) is 2.63. The Hall–Kier alpha value is -1.36. The van der Waals surface area contributed by atoms with E-state index >= 15 is 0 Å². The molecular formula is C13H23N5. The zero-order valence-corrected chi connectivity index (χ0v) is 11.7. The molecule has 0 radical (unpaired) electrons. The van der Waals surface area contributed by atoms with Gasteiger partial charge in [-0.2, -0.15) is 4.98 Å². The summed E-state index contributed by atoms with van der Waals surface area (Å²) in [5.74, 6) is 1.33. The fraction of sp³-hybridized carbons (Fsp3) is 0.692. The van der Waals surface area contributed by atoms with Crippen molar-refractivity contribution < 1.29 is 0 Å². The molecule has 2 rings (SSSR count). The van der Waals surface area contributed by atoms with Crippen LogP contribution in [0.1, 0.15) is 26.5 Å². The first-order chi connectivity index (χ1) is 8.37. The average Bonchev–Trinajstić information content (AvgIpc) is 2.11. The molecule has 0 atom stereocenters. The smallest absolute Gasteiger partial charge is 0.222 e. The molecule has 0 amide bonds. The second-order valence-electron chi connectivity index (χ2n) is 6.20. The maximum atomic E-state index is 5.80. The van der Waals surface area contributed by atoms with Crippen molar-refractivity contribution in [3.05, 3.63) is 11.8 Å². The summed E-state index contributed by atoms with van der Waals surface area (Å²) in [5.41, 5.74) is 7.03. The van der Waals surface area contributed by atoms with Crippen LogP contribution in [0.25, 0.3) is 0 Å². The first kappa shape index (κ1) is 13.1. The van der Waals surface area contributed by atoms with Crippen LogP contribution in [-0.4, -0.2) is 36.1 Å². The van der Waals surface area contributed by atoms with Crippen molar-refractivity contribution >= 4 is 11.8 Å². The number of aromatic nitrogens is 2. The van der Waals surface area contributed by atoms with E-state index in [-0.39, 0.29) is 5.41 Å². The molecule has 100 valence electrons. The van der Waals surface area contributed by atoms with Gasteiger partial charge in [0.15, 0.2) is 0 Å². The molecule has 0 aliphatic carbocycles. The minimum Gasteiger partial charge on any atom is -0.368 e. The van der Waals surface area contributed by atoms with Gasteiger partial charge >= 0.3 is 0 Å². The van der Waals surface area contributed by atoms with Crippen molar-refractivity contribution in [2.24, 2.45) is 5.41 Å². The molecule has 1 saturated heterocycles. The van der Waals surface area contributed by atoms with Crippen LogP contribution in [0.3, 0.4) is 0 Å². The molecule has 2 heterocycles. The molecule has 0 aromatic carbocycles. The van der Waals surface area contributed by atoms with Gasteiger partial charge in [0.2, 0.25) is 5.95 Å². The maximum Gasteiger partial charge on any atom is 0.222 e. The van der Waals surface area contributed by atoms with Crippen LogP contribution in [0, 0.1) is 5.41 Å². The Bertz CT molecular complexity index is 418. The third-order valence-corrected chi connectivity index (χ3v) is 3.11. The Morgan fingerprint density at radius 1 is 1.39 bits per heavy atom. The van der Waals surface area contributed by atoms with Gasteiger partial charge in [-0.05, 0) is 18.9 Å². The highest BCUT2D eigenvalue weighted by Gasteiger charge is 2.27. The summed E-state index contributed by atoms with van der Waals surface area (Å²) in [7, 11) is 1.99. The average molecular weight is 249 g/mol. The molecule has 1 fully saturated rings. The molecule has 5 nitrogen and oxygen atoms in total. The molecule has 1 aromatic heterocycles. The van der Waals surface area contributed by atoms with E-state index in [1.807, 2.05) is 7.05 Å². The Labute approximate surface area is 109 Å². The first-order valence-corrected chi connectivity index (χ1v) is 6.43. The predicted octanol–water partition coefficient (Wildman–Crippen LogP) is 1.06. The normalized spacial score (nSPS) is 16.8. The molecule has 18 heavy (non-hydrogen) atoms. The van der Waals surface area contributed by atoms with Gasteiger partial charge in [-0.1, -0.05) is 20.8 Å². The Morgan fingerprint density at radius 3 is 2.61 bits per heavy atom. The fourth-order valence-corrected chi connectivity index (χ4v) is 2.15. The van der Waals surface area contributed by atoms with E-state index in [4.69, 9.17) is 5.73 Å². The molecule has 1 aliphatic heterocycles. The predicted molar refractivity (Wildman–Crippen MR) is 74.7 cm³/mol. The first-order valence-electron chi connectivity index (χ1n) is 6.43. The van der Waals surface area contributed by atoms with Crippen LogP contribution in [-0.2, 0) is 6.42 Å². The van der Waals surface area contributed by atoms with Crippen molar-refractivity contribution in [3.63, 3.8) is 0 Å². The highest BCUT2D eigenvalue weighted by Crippen LogP contribution is 2.24. The van der Waals surface area contributed by atoms with Crippen LogP contribution < -0.4 is 16.0 Å². The lowest BCUT2D eigenvalue weighted by atomic mass is 9.90. The number of hydrogen-bond donors (Lipinski definition) is 2. The number of hydrogen-bond acceptors (Lipinski definition) is 5. The van der Waals surface area contributed by atoms with E-state index < -0.39 is 0 Å². The van der Waals surface area contributed by atoms with Gasteiger partial charge in [-0.3, -0.25) is 0 Å². The second-order valence-corrected chi connectivity index (χ2v) is 6.20. The van der Waals surface area contributed by atoms with Crippen molar-refractivity contribution in [1.82, 2.24) is 15.3 Å². The van der Waals surface area contributed by atoms with Gasteiger partial charge in [-0.15, -0.1) is 0 Å². The molecule has 1 aliphatic rings. The van der Waals surface area contributed by atoms with E-state index in [2.05, 4.69) is 47.0 Å². The summed E-state index contributed by atoms with van der Waals surface area (Å²) >= 11 is 0.